The highest BCUT2D eigenvalue weighted by Gasteiger charge is 2.65. The van der Waals surface area contributed by atoms with Crippen LogP contribution < -0.4 is 0 Å². The number of halogens is 5. The summed E-state index contributed by atoms with van der Waals surface area (Å²) >= 11 is 0. The van der Waals surface area contributed by atoms with E-state index < -0.39 is 40.4 Å². The summed E-state index contributed by atoms with van der Waals surface area (Å²) in [7, 11) is 0. The number of aromatic nitrogens is 5. The molecule has 1 fully saturated rings. The van der Waals surface area contributed by atoms with E-state index in [1.807, 2.05) is 0 Å². The van der Waals surface area contributed by atoms with E-state index >= 15 is 0 Å². The van der Waals surface area contributed by atoms with Gasteiger partial charge in [-0.3, -0.25) is 4.98 Å². The zero-order chi connectivity index (χ0) is 27.9. The molecule has 3 atom stereocenters. The van der Waals surface area contributed by atoms with Crippen LogP contribution in [-0.2, 0) is 5.41 Å². The van der Waals surface area contributed by atoms with E-state index in [0.29, 0.717) is 17.8 Å². The van der Waals surface area contributed by atoms with Crippen molar-refractivity contribution >= 4 is 0 Å². The highest BCUT2D eigenvalue weighted by Crippen LogP contribution is 2.69. The second kappa shape index (κ2) is 8.35. The van der Waals surface area contributed by atoms with E-state index in [1.165, 1.54) is 19.2 Å². The fourth-order valence-corrected chi connectivity index (χ4v) is 6.36. The molecule has 0 spiro atoms. The number of rotatable bonds is 4. The molecule has 0 unspecified atom stereocenters. The Morgan fingerprint density at radius 1 is 1.05 bits per heavy atom. The third-order valence-corrected chi connectivity index (χ3v) is 8.29. The molecular formula is C27H22F5N5O2. The fraction of sp³-hybridized carbons (Fsp3) is 0.370. The van der Waals surface area contributed by atoms with E-state index in [9.17, 15) is 27.1 Å². The lowest BCUT2D eigenvalue weighted by atomic mass is 9.66. The maximum Gasteiger partial charge on any atom is 0.420 e. The summed E-state index contributed by atoms with van der Waals surface area (Å²) in [5.74, 6) is -1.89. The molecule has 2 aliphatic carbocycles. The number of alkyl halides is 3. The van der Waals surface area contributed by atoms with Crippen molar-refractivity contribution in [3.05, 3.63) is 76.7 Å². The molecular weight excluding hydrogens is 521 g/mol. The van der Waals surface area contributed by atoms with E-state index in [0.717, 1.165) is 24.1 Å². The number of benzene rings is 1. The van der Waals surface area contributed by atoms with Gasteiger partial charge in [-0.25, -0.2) is 18.7 Å². The summed E-state index contributed by atoms with van der Waals surface area (Å²) in [4.78, 5) is 12.9. The van der Waals surface area contributed by atoms with Crippen LogP contribution >= 0.6 is 0 Å². The van der Waals surface area contributed by atoms with Crippen LogP contribution in [0.1, 0.15) is 67.1 Å². The number of nitrogens with zero attached hydrogens (tertiary/aromatic N) is 5. The Kier molecular flexibility index (Phi) is 5.45. The molecule has 6 rings (SSSR count). The summed E-state index contributed by atoms with van der Waals surface area (Å²) in [6.07, 6.45) is -3.44. The highest BCUT2D eigenvalue weighted by atomic mass is 19.4. The van der Waals surface area contributed by atoms with Gasteiger partial charge in [-0.2, -0.15) is 18.3 Å². The molecule has 0 amide bonds. The van der Waals surface area contributed by atoms with Gasteiger partial charge in [0, 0.05) is 6.20 Å². The summed E-state index contributed by atoms with van der Waals surface area (Å²) < 4.78 is 73.7. The molecule has 3 aromatic heterocycles. The zero-order valence-corrected chi connectivity index (χ0v) is 21.0. The van der Waals surface area contributed by atoms with E-state index in [1.54, 1.807) is 12.3 Å². The highest BCUT2D eigenvalue weighted by molar-refractivity contribution is 5.64. The second-order valence-corrected chi connectivity index (χ2v) is 10.5. The van der Waals surface area contributed by atoms with Crippen LogP contribution in [0.5, 0.6) is 0 Å². The Bertz CT molecular complexity index is 1600. The number of aliphatic hydroxyl groups is 1. The van der Waals surface area contributed by atoms with Gasteiger partial charge < -0.3 is 9.52 Å². The summed E-state index contributed by atoms with van der Waals surface area (Å²) in [6.45, 7) is 5.38. The Morgan fingerprint density at radius 2 is 1.77 bits per heavy atom. The quantitative estimate of drug-likeness (QED) is 0.317. The van der Waals surface area contributed by atoms with Crippen LogP contribution in [0.15, 0.2) is 41.1 Å². The molecule has 39 heavy (non-hydrogen) atoms. The van der Waals surface area contributed by atoms with Gasteiger partial charge >= 0.3 is 6.18 Å². The molecule has 202 valence electrons. The van der Waals surface area contributed by atoms with Gasteiger partial charge in [-0.05, 0) is 54.9 Å². The SMILES string of the molecule is Cc1oc(-c2cncc([C@@]34CC[C@@H](c5cc(-c6c(F)cccc6F)nnc53)C4(C)C)n2)nc1[C@@H](O)C(F)(F)F. The van der Waals surface area contributed by atoms with E-state index in [-0.39, 0.29) is 34.5 Å². The van der Waals surface area contributed by atoms with Gasteiger partial charge in [0.05, 0.1) is 34.3 Å². The number of hydrogen-bond acceptors (Lipinski definition) is 7. The average Bonchev–Trinajstić information content (AvgIpc) is 3.46. The Morgan fingerprint density at radius 3 is 2.46 bits per heavy atom. The third kappa shape index (κ3) is 3.53. The summed E-state index contributed by atoms with van der Waals surface area (Å²) in [5, 5.41) is 18.3. The Hall–Kier alpha value is -3.80. The number of oxazole rings is 1. The first kappa shape index (κ1) is 25.5. The van der Waals surface area contributed by atoms with Gasteiger partial charge in [-0.1, -0.05) is 19.9 Å². The number of fused-ring (bicyclic) bond motifs is 5. The monoisotopic (exact) mass is 543 g/mol. The van der Waals surface area contributed by atoms with Crippen LogP contribution in [0.2, 0.25) is 0 Å². The number of hydrogen-bond donors (Lipinski definition) is 1. The fourth-order valence-electron chi connectivity index (χ4n) is 6.36. The summed E-state index contributed by atoms with van der Waals surface area (Å²) in [5.41, 5.74) is -0.00112. The molecule has 0 radical (unpaired) electrons. The van der Waals surface area contributed by atoms with Crippen LogP contribution in [0.3, 0.4) is 0 Å². The van der Waals surface area contributed by atoms with Gasteiger partial charge in [0.15, 0.2) is 6.10 Å². The number of aryl methyl sites for hydroxylation is 1. The third-order valence-electron chi connectivity index (χ3n) is 8.29. The minimum Gasteiger partial charge on any atom is -0.440 e. The predicted octanol–water partition coefficient (Wildman–Crippen LogP) is 5.97. The van der Waals surface area contributed by atoms with Crippen molar-refractivity contribution in [2.75, 3.05) is 0 Å². The van der Waals surface area contributed by atoms with Gasteiger partial charge in [0.1, 0.15) is 28.8 Å². The minimum absolute atomic E-state index is 0.0143. The van der Waals surface area contributed by atoms with Crippen molar-refractivity contribution < 1.29 is 31.5 Å². The van der Waals surface area contributed by atoms with Gasteiger partial charge in [0.25, 0.3) is 0 Å². The van der Waals surface area contributed by atoms with Crippen molar-refractivity contribution in [3.8, 4) is 22.8 Å². The van der Waals surface area contributed by atoms with Crippen LogP contribution in [0.4, 0.5) is 22.0 Å². The van der Waals surface area contributed by atoms with Gasteiger partial charge in [0.2, 0.25) is 5.89 Å². The average molecular weight is 543 g/mol. The lowest BCUT2D eigenvalue weighted by Gasteiger charge is -2.37. The van der Waals surface area contributed by atoms with E-state index in [2.05, 4.69) is 34.0 Å². The molecule has 1 saturated carbocycles. The Labute approximate surface area is 219 Å². The topological polar surface area (TPSA) is 97.8 Å². The molecule has 4 aromatic rings. The second-order valence-electron chi connectivity index (χ2n) is 10.5. The predicted molar refractivity (Wildman–Crippen MR) is 127 cm³/mol. The molecule has 7 nitrogen and oxygen atoms in total. The summed E-state index contributed by atoms with van der Waals surface area (Å²) in [6, 6.07) is 5.28. The molecule has 12 heteroatoms. The number of aliphatic hydroxyl groups excluding tert-OH is 1. The molecule has 0 aliphatic heterocycles. The van der Waals surface area contributed by atoms with E-state index in [4.69, 9.17) is 9.40 Å². The van der Waals surface area contributed by atoms with Crippen LogP contribution in [-0.4, -0.2) is 36.4 Å². The smallest absolute Gasteiger partial charge is 0.420 e. The minimum atomic E-state index is -4.91. The molecule has 0 saturated heterocycles. The molecule has 1 N–H and O–H groups in total. The molecule has 2 aliphatic rings. The first-order valence-electron chi connectivity index (χ1n) is 12.2. The lowest BCUT2D eigenvalue weighted by molar-refractivity contribution is -0.208. The zero-order valence-electron chi connectivity index (χ0n) is 21.0. The maximum absolute atomic E-state index is 14.5. The largest absolute Gasteiger partial charge is 0.440 e. The van der Waals surface area contributed by atoms with Gasteiger partial charge in [-0.15, -0.1) is 5.10 Å². The van der Waals surface area contributed by atoms with Crippen molar-refractivity contribution in [2.24, 2.45) is 5.41 Å². The lowest BCUT2D eigenvalue weighted by Crippen LogP contribution is -2.38. The van der Waals surface area contributed by atoms with Crippen molar-refractivity contribution in [3.63, 3.8) is 0 Å². The Balaban J connectivity index is 1.46. The van der Waals surface area contributed by atoms with Crippen molar-refractivity contribution in [1.29, 1.82) is 0 Å². The van der Waals surface area contributed by atoms with Crippen LogP contribution in [0, 0.1) is 24.0 Å². The van der Waals surface area contributed by atoms with Crippen molar-refractivity contribution in [2.45, 2.75) is 57.2 Å². The first-order valence-corrected chi connectivity index (χ1v) is 12.2. The first-order chi connectivity index (χ1) is 18.4. The molecule has 2 bridgehead atoms. The maximum atomic E-state index is 14.5. The molecule has 3 heterocycles. The standard InChI is InChI=1S/C27H22F5N5O2/c1-12-21(23(38)27(30,31)32)35-24(39-12)18-10-33-11-19(34-18)26-8-7-14(25(26,2)3)13-9-17(36-37-22(13)26)20-15(28)5-4-6-16(20)29/h4-6,9-11,14,23,38H,7-8H2,1-3H3/t14-,23+,26-/m0/s1. The normalized spacial score (nSPS) is 22.2. The van der Waals surface area contributed by atoms with Crippen molar-refractivity contribution in [1.82, 2.24) is 25.1 Å². The van der Waals surface area contributed by atoms with Crippen LogP contribution in [0.25, 0.3) is 22.8 Å². The molecule has 1 aromatic carbocycles.